The number of fused-ring (bicyclic) bond motifs is 3. The monoisotopic (exact) mass is 418 g/mol. The first-order chi connectivity index (χ1) is 15.2. The van der Waals surface area contributed by atoms with E-state index < -0.39 is 0 Å². The number of hydrogen-bond donors (Lipinski definition) is 1. The molecule has 2 bridgehead atoms. The number of piperidine rings is 1. The molecule has 3 fully saturated rings. The minimum Gasteiger partial charge on any atom is -0.462 e. The molecule has 31 heavy (non-hydrogen) atoms. The van der Waals surface area contributed by atoms with Crippen LogP contribution in [-0.2, 0) is 9.53 Å². The van der Waals surface area contributed by atoms with Crippen molar-refractivity contribution in [3.05, 3.63) is 42.0 Å². The number of carbonyl (C=O) groups is 1. The molecule has 0 radical (unpaired) electrons. The van der Waals surface area contributed by atoms with Crippen molar-refractivity contribution in [2.75, 3.05) is 37.6 Å². The minimum atomic E-state index is -0.0554. The highest BCUT2D eigenvalue weighted by molar-refractivity contribution is 5.98. The second-order valence-electron chi connectivity index (χ2n) is 9.01. The van der Waals surface area contributed by atoms with E-state index in [1.54, 1.807) is 0 Å². The second kappa shape index (κ2) is 8.86. The fraction of sp³-hybridized carbons (Fsp3) is 0.520. The number of nitriles is 1. The van der Waals surface area contributed by atoms with Crippen molar-refractivity contribution in [1.29, 1.82) is 5.26 Å². The maximum Gasteiger partial charge on any atom is 0.307 e. The fourth-order valence-corrected chi connectivity index (χ4v) is 5.65. The first-order valence-corrected chi connectivity index (χ1v) is 11.6. The Labute approximate surface area is 183 Å². The third kappa shape index (κ3) is 4.13. The van der Waals surface area contributed by atoms with Gasteiger partial charge in [-0.1, -0.05) is 24.3 Å². The van der Waals surface area contributed by atoms with Crippen LogP contribution in [0.25, 0.3) is 10.8 Å². The highest BCUT2D eigenvalue weighted by Gasteiger charge is 2.42. The van der Waals surface area contributed by atoms with Gasteiger partial charge in [0, 0.05) is 74.1 Å². The quantitative estimate of drug-likeness (QED) is 0.753. The average molecular weight is 419 g/mol. The molecule has 3 saturated heterocycles. The molecular formula is C25H30N4O2. The van der Waals surface area contributed by atoms with Crippen LogP contribution in [0.2, 0.25) is 0 Å². The summed E-state index contributed by atoms with van der Waals surface area (Å²) < 4.78 is 5.92. The third-order valence-corrected chi connectivity index (χ3v) is 7.13. The lowest BCUT2D eigenvalue weighted by atomic mass is 9.96. The number of esters is 1. The molecule has 6 nitrogen and oxygen atoms in total. The molecule has 2 aromatic carbocycles. The van der Waals surface area contributed by atoms with Crippen LogP contribution in [0.3, 0.4) is 0 Å². The predicted octanol–water partition coefficient (Wildman–Crippen LogP) is 3.05. The van der Waals surface area contributed by atoms with Gasteiger partial charge in [0.25, 0.3) is 0 Å². The van der Waals surface area contributed by atoms with Gasteiger partial charge in [-0.25, -0.2) is 0 Å². The number of ether oxygens (including phenoxy) is 1. The lowest BCUT2D eigenvalue weighted by Crippen LogP contribution is -2.46. The Kier molecular flexibility index (Phi) is 5.80. The first kappa shape index (κ1) is 20.3. The van der Waals surface area contributed by atoms with Gasteiger partial charge in [-0.3, -0.25) is 4.79 Å². The Balaban J connectivity index is 1.25. The van der Waals surface area contributed by atoms with Gasteiger partial charge in [0.1, 0.15) is 6.10 Å². The standard InChI is InChI=1S/C25H30N4O2/c26-17-18-5-8-24(23-4-2-1-3-22(18)23)29-19-6-7-20(29)16-21(15-19)31-25(30)9-12-28-13-10-27-11-14-28/h1-5,8,19-21,27H,6-7,9-16H2/t19-,20+,21+. The van der Waals surface area contributed by atoms with Crippen LogP contribution in [0.15, 0.2) is 36.4 Å². The van der Waals surface area contributed by atoms with E-state index in [-0.39, 0.29) is 12.1 Å². The molecule has 0 spiro atoms. The number of anilines is 1. The van der Waals surface area contributed by atoms with Crippen LogP contribution in [0.4, 0.5) is 5.69 Å². The number of piperazine rings is 1. The molecule has 162 valence electrons. The molecule has 0 amide bonds. The number of nitrogens with one attached hydrogen (secondary N) is 1. The lowest BCUT2D eigenvalue weighted by Gasteiger charge is -2.40. The van der Waals surface area contributed by atoms with E-state index in [2.05, 4.69) is 33.3 Å². The molecule has 0 aromatic heterocycles. The van der Waals surface area contributed by atoms with E-state index in [1.165, 1.54) is 5.69 Å². The highest BCUT2D eigenvalue weighted by atomic mass is 16.5. The van der Waals surface area contributed by atoms with Crippen LogP contribution in [0.1, 0.15) is 37.7 Å². The van der Waals surface area contributed by atoms with Gasteiger partial charge < -0.3 is 19.9 Å². The molecule has 0 saturated carbocycles. The van der Waals surface area contributed by atoms with Gasteiger partial charge in [-0.2, -0.15) is 5.26 Å². The van der Waals surface area contributed by atoms with Crippen molar-refractivity contribution in [2.45, 2.75) is 50.3 Å². The molecule has 1 N–H and O–H groups in total. The van der Waals surface area contributed by atoms with E-state index in [1.807, 2.05) is 24.3 Å². The van der Waals surface area contributed by atoms with Crippen LogP contribution in [0.5, 0.6) is 0 Å². The zero-order valence-electron chi connectivity index (χ0n) is 17.9. The summed E-state index contributed by atoms with van der Waals surface area (Å²) in [6.45, 7) is 4.81. The van der Waals surface area contributed by atoms with Gasteiger partial charge in [0.05, 0.1) is 18.1 Å². The molecule has 3 atom stereocenters. The lowest BCUT2D eigenvalue weighted by molar-refractivity contribution is -0.150. The molecular weight excluding hydrogens is 388 g/mol. The first-order valence-electron chi connectivity index (χ1n) is 11.6. The Morgan fingerprint density at radius 1 is 1.06 bits per heavy atom. The van der Waals surface area contributed by atoms with E-state index in [9.17, 15) is 10.1 Å². The SMILES string of the molecule is N#Cc1ccc(N2[C@@H]3CC[C@H]2C[C@@H](OC(=O)CCN2CCNCC2)C3)c2ccccc12. The summed E-state index contributed by atoms with van der Waals surface area (Å²) in [5, 5.41) is 15.0. The van der Waals surface area contributed by atoms with Crippen molar-refractivity contribution in [2.24, 2.45) is 0 Å². The van der Waals surface area contributed by atoms with E-state index in [4.69, 9.17) is 4.74 Å². The van der Waals surface area contributed by atoms with Crippen LogP contribution < -0.4 is 10.2 Å². The van der Waals surface area contributed by atoms with E-state index in [0.29, 0.717) is 18.5 Å². The van der Waals surface area contributed by atoms with Crippen molar-refractivity contribution in [1.82, 2.24) is 10.2 Å². The largest absolute Gasteiger partial charge is 0.462 e. The summed E-state index contributed by atoms with van der Waals surface area (Å²) >= 11 is 0. The van der Waals surface area contributed by atoms with Gasteiger partial charge in [0.2, 0.25) is 0 Å². The molecule has 6 heteroatoms. The Bertz CT molecular complexity index is 981. The third-order valence-electron chi connectivity index (χ3n) is 7.13. The molecule has 0 unspecified atom stereocenters. The van der Waals surface area contributed by atoms with Gasteiger partial charge in [-0.05, 0) is 25.0 Å². The second-order valence-corrected chi connectivity index (χ2v) is 9.01. The van der Waals surface area contributed by atoms with Crippen LogP contribution in [-0.4, -0.2) is 61.8 Å². The molecule has 5 rings (SSSR count). The smallest absolute Gasteiger partial charge is 0.307 e. The molecule has 0 aliphatic carbocycles. The van der Waals surface area contributed by atoms with E-state index >= 15 is 0 Å². The van der Waals surface area contributed by atoms with Crippen molar-refractivity contribution >= 4 is 22.4 Å². The summed E-state index contributed by atoms with van der Waals surface area (Å²) in [4.78, 5) is 17.3. The summed E-state index contributed by atoms with van der Waals surface area (Å²) in [5.74, 6) is -0.0554. The highest BCUT2D eigenvalue weighted by Crippen LogP contribution is 2.43. The van der Waals surface area contributed by atoms with Gasteiger partial charge in [-0.15, -0.1) is 0 Å². The van der Waals surface area contributed by atoms with Crippen LogP contribution >= 0.6 is 0 Å². The molecule has 3 aliphatic rings. The van der Waals surface area contributed by atoms with Crippen LogP contribution in [0, 0.1) is 11.3 Å². The van der Waals surface area contributed by atoms with Crippen molar-refractivity contribution in [3.63, 3.8) is 0 Å². The maximum absolute atomic E-state index is 12.5. The Hall–Kier alpha value is -2.62. The summed E-state index contributed by atoms with van der Waals surface area (Å²) in [6, 6.07) is 15.3. The zero-order chi connectivity index (χ0) is 21.2. The molecule has 3 aliphatic heterocycles. The predicted molar refractivity (Wildman–Crippen MR) is 121 cm³/mol. The van der Waals surface area contributed by atoms with Gasteiger partial charge >= 0.3 is 5.97 Å². The summed E-state index contributed by atoms with van der Waals surface area (Å²) in [7, 11) is 0. The average Bonchev–Trinajstić information content (AvgIpc) is 3.07. The summed E-state index contributed by atoms with van der Waals surface area (Å²) in [6.07, 6.45) is 4.56. The maximum atomic E-state index is 12.5. The normalized spacial score (nSPS) is 26.0. The number of benzene rings is 2. The van der Waals surface area contributed by atoms with Crippen molar-refractivity contribution in [3.8, 4) is 6.07 Å². The topological polar surface area (TPSA) is 68.6 Å². The number of carbonyl (C=O) groups excluding carboxylic acids is 1. The Morgan fingerprint density at radius 3 is 2.48 bits per heavy atom. The van der Waals surface area contributed by atoms with Gasteiger partial charge in [0.15, 0.2) is 0 Å². The van der Waals surface area contributed by atoms with E-state index in [0.717, 1.165) is 74.7 Å². The molecule has 3 heterocycles. The number of rotatable bonds is 5. The Morgan fingerprint density at radius 2 is 1.77 bits per heavy atom. The number of nitrogens with zero attached hydrogens (tertiary/aromatic N) is 3. The number of hydrogen-bond acceptors (Lipinski definition) is 6. The van der Waals surface area contributed by atoms with Crippen molar-refractivity contribution < 1.29 is 9.53 Å². The molecule has 2 aromatic rings. The fourth-order valence-electron chi connectivity index (χ4n) is 5.65. The zero-order valence-corrected chi connectivity index (χ0v) is 17.9. The summed E-state index contributed by atoms with van der Waals surface area (Å²) in [5.41, 5.74) is 1.94. The minimum absolute atomic E-state index is 0.0221.